The summed E-state index contributed by atoms with van der Waals surface area (Å²) in [6.45, 7) is 4.24. The number of halogens is 8. The maximum absolute atomic E-state index is 15.8. The Labute approximate surface area is 347 Å². The van der Waals surface area contributed by atoms with Crippen molar-refractivity contribution in [2.45, 2.75) is 82.2 Å². The van der Waals surface area contributed by atoms with E-state index in [1.165, 1.54) is 16.7 Å². The van der Waals surface area contributed by atoms with Crippen LogP contribution in [0, 0.1) is 17.1 Å². The van der Waals surface area contributed by atoms with Gasteiger partial charge in [-0.3, -0.25) is 9.69 Å². The van der Waals surface area contributed by atoms with Crippen LogP contribution >= 0.6 is 11.3 Å². The molecule has 8 rings (SSSR count). The number of alkyl halides is 7. The average Bonchev–Trinajstić information content (AvgIpc) is 4.02. The molecule has 0 spiro atoms. The summed E-state index contributed by atoms with van der Waals surface area (Å²) in [6.07, 6.45) is -11.4. The van der Waals surface area contributed by atoms with E-state index in [1.54, 1.807) is 17.9 Å². The first-order chi connectivity index (χ1) is 28.8. The van der Waals surface area contributed by atoms with Gasteiger partial charge in [0.15, 0.2) is 0 Å². The first-order valence-electron chi connectivity index (χ1n) is 19.8. The molecule has 21 heteroatoms. The van der Waals surface area contributed by atoms with Crippen LogP contribution in [-0.2, 0) is 21.9 Å². The number of nitrogens with zero attached hydrogens (tertiary/aromatic N) is 7. The number of thiophene rings is 1. The molecule has 326 valence electrons. The third-order valence-electron chi connectivity index (χ3n) is 12.3. The molecule has 4 aromatic rings. The molecule has 0 bridgehead atoms. The van der Waals surface area contributed by atoms with Gasteiger partial charge in [0.05, 0.1) is 39.0 Å². The number of nitriles is 1. The minimum atomic E-state index is -5.55. The molecule has 4 aliphatic heterocycles. The van der Waals surface area contributed by atoms with Crippen molar-refractivity contribution < 1.29 is 54.2 Å². The van der Waals surface area contributed by atoms with Gasteiger partial charge < -0.3 is 29.9 Å². The highest BCUT2D eigenvalue weighted by Gasteiger charge is 2.50. The summed E-state index contributed by atoms with van der Waals surface area (Å²) in [6, 6.07) is 2.41. The topological polar surface area (TPSA) is 141 Å². The summed E-state index contributed by atoms with van der Waals surface area (Å²) < 4.78 is 135. The number of benzene rings is 2. The van der Waals surface area contributed by atoms with Crippen LogP contribution in [0.2, 0.25) is 0 Å². The fraction of sp³-hybridized carbons (Fsp3) is 0.525. The van der Waals surface area contributed by atoms with E-state index in [0.29, 0.717) is 55.8 Å². The number of carbonyl (C=O) groups is 2. The van der Waals surface area contributed by atoms with Crippen LogP contribution in [0.5, 0.6) is 6.01 Å². The van der Waals surface area contributed by atoms with E-state index >= 15 is 30.7 Å². The van der Waals surface area contributed by atoms with Crippen LogP contribution in [0.4, 0.5) is 50.7 Å². The molecule has 2 N–H and O–H groups in total. The van der Waals surface area contributed by atoms with Gasteiger partial charge in [-0.15, -0.1) is 11.3 Å². The molecular formula is C40H40F8N8O4S. The average molecular weight is 881 g/mol. The lowest BCUT2D eigenvalue weighted by Crippen LogP contribution is -2.43. The van der Waals surface area contributed by atoms with Crippen LogP contribution in [0.25, 0.3) is 32.1 Å². The number of nitrogens with two attached hydrogens (primary N) is 1. The number of amides is 2. The predicted molar refractivity (Wildman–Crippen MR) is 208 cm³/mol. The van der Waals surface area contributed by atoms with E-state index in [0.717, 1.165) is 6.07 Å². The minimum Gasteiger partial charge on any atom is -0.461 e. The van der Waals surface area contributed by atoms with E-state index in [1.807, 2.05) is 4.90 Å². The number of likely N-dealkylation sites (tertiary alicyclic amines) is 2. The van der Waals surface area contributed by atoms with Crippen LogP contribution in [0.1, 0.15) is 62.6 Å². The van der Waals surface area contributed by atoms with E-state index < -0.39 is 103 Å². The molecule has 4 aliphatic rings. The molecule has 12 nitrogen and oxygen atoms in total. The highest BCUT2D eigenvalue weighted by molar-refractivity contribution is 7.23. The molecule has 2 aromatic heterocycles. The van der Waals surface area contributed by atoms with Crippen molar-refractivity contribution in [3.05, 3.63) is 40.7 Å². The summed E-state index contributed by atoms with van der Waals surface area (Å²) in [4.78, 5) is 40.1. The number of hydrogen-bond acceptors (Lipinski definition) is 11. The van der Waals surface area contributed by atoms with Crippen LogP contribution < -0.4 is 15.4 Å². The normalized spacial score (nSPS) is 23.3. The Balaban J connectivity index is 1.29. The number of ether oxygens (including phenoxy) is 2. The van der Waals surface area contributed by atoms with E-state index in [9.17, 15) is 19.2 Å². The second-order valence-electron chi connectivity index (χ2n) is 15.9. The van der Waals surface area contributed by atoms with E-state index in [-0.39, 0.29) is 68.9 Å². The van der Waals surface area contributed by atoms with Crippen molar-refractivity contribution in [3.63, 3.8) is 0 Å². The van der Waals surface area contributed by atoms with Gasteiger partial charge in [0.25, 0.3) is 0 Å². The Hall–Kier alpha value is -5.23. The Morgan fingerprint density at radius 1 is 1.07 bits per heavy atom. The lowest BCUT2D eigenvalue weighted by molar-refractivity contribution is -0.141. The Morgan fingerprint density at radius 2 is 1.82 bits per heavy atom. The predicted octanol–water partition coefficient (Wildman–Crippen LogP) is 7.76. The highest BCUT2D eigenvalue weighted by Crippen LogP contribution is 2.52. The summed E-state index contributed by atoms with van der Waals surface area (Å²) in [5.41, 5.74) is -2.03. The lowest BCUT2D eigenvalue weighted by atomic mass is 9.88. The standard InChI is InChI=1S/C40H40F8N8O4S/c1-3-56(22-7-11-54(17-22)37(58)60-23-8-12-53(18-23)20(2)57)35-25-13-27(39(43,44)45)30(24-5-6-28(42)33-29(24)26(15-49)34(50)61-33)31(40(46,47)48)32(25)51-36(52-35)59-19-38-9-4-10-55(38)16-21(41)14-38/h5-6,13,21-23H,3-4,7-12,14,16-19,50H2,1-2H3/t21-,22+,23+,38+/m1/s1. The van der Waals surface area contributed by atoms with Crippen molar-refractivity contribution >= 4 is 55.1 Å². The van der Waals surface area contributed by atoms with Crippen molar-refractivity contribution in [1.82, 2.24) is 24.7 Å². The molecule has 61 heavy (non-hydrogen) atoms. The number of hydrogen-bond donors (Lipinski definition) is 1. The van der Waals surface area contributed by atoms with Gasteiger partial charge in [-0.2, -0.15) is 41.6 Å². The largest absolute Gasteiger partial charge is 0.461 e. The highest BCUT2D eigenvalue weighted by atomic mass is 32.1. The number of likely N-dealkylation sites (N-methyl/N-ethyl adjacent to an activating group) is 1. The summed E-state index contributed by atoms with van der Waals surface area (Å²) in [5.74, 6) is -1.51. The fourth-order valence-corrected chi connectivity index (χ4v) is 10.5. The fourth-order valence-electron chi connectivity index (χ4n) is 9.52. The maximum atomic E-state index is 15.8. The minimum absolute atomic E-state index is 0.000696. The van der Waals surface area contributed by atoms with Crippen molar-refractivity contribution in [1.29, 1.82) is 5.26 Å². The number of aromatic nitrogens is 2. The lowest BCUT2D eigenvalue weighted by Gasteiger charge is -2.32. The van der Waals surface area contributed by atoms with E-state index in [4.69, 9.17) is 15.2 Å². The molecule has 0 aliphatic carbocycles. The van der Waals surface area contributed by atoms with Crippen LogP contribution in [0.3, 0.4) is 0 Å². The van der Waals surface area contributed by atoms with Crippen LogP contribution in [-0.4, -0.2) is 113 Å². The van der Waals surface area contributed by atoms with Crippen molar-refractivity contribution in [2.24, 2.45) is 0 Å². The molecule has 4 saturated heterocycles. The van der Waals surface area contributed by atoms with Crippen molar-refractivity contribution in [3.8, 4) is 23.2 Å². The monoisotopic (exact) mass is 880 g/mol. The number of carbonyl (C=O) groups excluding carboxylic acids is 2. The molecule has 4 fully saturated rings. The zero-order chi connectivity index (χ0) is 43.8. The molecule has 4 atom stereocenters. The second kappa shape index (κ2) is 15.6. The summed E-state index contributed by atoms with van der Waals surface area (Å²) >= 11 is 0.515. The molecule has 0 unspecified atom stereocenters. The Morgan fingerprint density at radius 3 is 2.49 bits per heavy atom. The number of rotatable bonds is 8. The van der Waals surface area contributed by atoms with Gasteiger partial charge in [-0.05, 0) is 50.4 Å². The zero-order valence-electron chi connectivity index (χ0n) is 32.9. The Bertz CT molecular complexity index is 2460. The molecule has 6 heterocycles. The molecular weight excluding hydrogens is 841 g/mol. The van der Waals surface area contributed by atoms with Gasteiger partial charge in [0, 0.05) is 74.9 Å². The van der Waals surface area contributed by atoms with Gasteiger partial charge in [-0.1, -0.05) is 6.07 Å². The summed E-state index contributed by atoms with van der Waals surface area (Å²) in [7, 11) is 0. The van der Waals surface area contributed by atoms with E-state index in [2.05, 4.69) is 9.97 Å². The van der Waals surface area contributed by atoms with Gasteiger partial charge in [0.1, 0.15) is 41.6 Å². The molecule has 2 amide bonds. The first-order valence-corrected chi connectivity index (χ1v) is 20.6. The van der Waals surface area contributed by atoms with Gasteiger partial charge in [0.2, 0.25) is 5.91 Å². The smallest absolute Gasteiger partial charge is 0.419 e. The summed E-state index contributed by atoms with van der Waals surface area (Å²) in [5, 5.41) is 8.48. The third kappa shape index (κ3) is 7.59. The van der Waals surface area contributed by atoms with Gasteiger partial charge in [-0.25, -0.2) is 13.6 Å². The number of anilines is 2. The SMILES string of the molecule is CCN(c1nc(OC[C@@]23CCCN2C[C@H](F)C3)nc2c(C(F)(F)F)c(-c3ccc(F)c4sc(N)c(C#N)c34)c(C(F)(F)F)cc12)[C@H]1CCN(C(=O)O[C@H]2CCN(C(C)=O)C2)C1. The Kier molecular flexibility index (Phi) is 10.9. The molecule has 0 radical (unpaired) electrons. The third-order valence-corrected chi connectivity index (χ3v) is 13.3. The quantitative estimate of drug-likeness (QED) is 0.175. The number of fused-ring (bicyclic) bond motifs is 3. The molecule has 0 saturated carbocycles. The van der Waals surface area contributed by atoms with Crippen LogP contribution in [0.15, 0.2) is 18.2 Å². The zero-order valence-corrected chi connectivity index (χ0v) is 33.7. The molecule has 2 aromatic carbocycles. The van der Waals surface area contributed by atoms with Crippen molar-refractivity contribution in [2.75, 3.05) is 63.1 Å². The maximum Gasteiger partial charge on any atom is 0.419 e. The second-order valence-corrected chi connectivity index (χ2v) is 17.0. The van der Waals surface area contributed by atoms with Gasteiger partial charge >= 0.3 is 24.5 Å². The first kappa shape index (κ1) is 42.5. The number of nitrogen functional groups attached to an aromatic ring is 1.